The number of carbonyl (C=O) groups is 1. The first-order valence-electron chi connectivity index (χ1n) is 3.92. The summed E-state index contributed by atoms with van der Waals surface area (Å²) in [5.74, 6) is -0.868. The molecule has 0 heterocycles. The van der Waals surface area contributed by atoms with Crippen LogP contribution in [-0.4, -0.2) is 28.7 Å². The van der Waals surface area contributed by atoms with E-state index in [2.05, 4.69) is 5.32 Å². The Morgan fingerprint density at radius 3 is 2.08 bits per heavy atom. The summed E-state index contributed by atoms with van der Waals surface area (Å²) in [5.41, 5.74) is 5.02. The Kier molecular flexibility index (Phi) is 3.24. The molecule has 0 aromatic carbocycles. The minimum atomic E-state index is -0.868. The highest BCUT2D eigenvalue weighted by atomic mass is 16.4. The molecular formula is C8H18N2O2. The van der Waals surface area contributed by atoms with Crippen molar-refractivity contribution in [1.29, 1.82) is 0 Å². The number of rotatable bonds is 4. The number of carboxylic acids is 1. The molecule has 0 aliphatic carbocycles. The Hall–Kier alpha value is -0.610. The molecule has 0 radical (unpaired) electrons. The molecule has 0 aliphatic rings. The molecule has 0 aromatic rings. The van der Waals surface area contributed by atoms with Crippen LogP contribution in [0.15, 0.2) is 0 Å². The summed E-state index contributed by atoms with van der Waals surface area (Å²) < 4.78 is 0. The number of hydrogen-bond acceptors (Lipinski definition) is 3. The van der Waals surface area contributed by atoms with Crippen molar-refractivity contribution >= 4 is 5.97 Å². The van der Waals surface area contributed by atoms with Gasteiger partial charge in [0.15, 0.2) is 0 Å². The molecule has 0 aliphatic heterocycles. The van der Waals surface area contributed by atoms with Crippen LogP contribution in [0.5, 0.6) is 0 Å². The lowest BCUT2D eigenvalue weighted by atomic mass is 9.83. The second-order valence-corrected chi connectivity index (χ2v) is 4.09. The maximum atomic E-state index is 10.3. The smallest absolute Gasteiger partial charge is 0.317 e. The standard InChI is InChI=1S/C8H18N2O2/c1-7(2,9)8(3,4)10-5-6(11)12/h10H,5,9H2,1-4H3,(H,11,12). The van der Waals surface area contributed by atoms with Gasteiger partial charge in [0.2, 0.25) is 0 Å². The fourth-order valence-electron chi connectivity index (χ4n) is 0.524. The lowest BCUT2D eigenvalue weighted by Crippen LogP contribution is -2.61. The van der Waals surface area contributed by atoms with Crippen LogP contribution in [0.25, 0.3) is 0 Å². The number of carboxylic acid groups (broad SMARTS) is 1. The number of hydrogen-bond donors (Lipinski definition) is 3. The van der Waals surface area contributed by atoms with Crippen LogP contribution in [0.2, 0.25) is 0 Å². The monoisotopic (exact) mass is 174 g/mol. The van der Waals surface area contributed by atoms with Crippen LogP contribution in [0, 0.1) is 0 Å². The van der Waals surface area contributed by atoms with Crippen molar-refractivity contribution in [1.82, 2.24) is 5.32 Å². The zero-order chi connectivity index (χ0) is 9.99. The van der Waals surface area contributed by atoms with E-state index >= 15 is 0 Å². The Balaban J connectivity index is 4.14. The van der Waals surface area contributed by atoms with Gasteiger partial charge in [0.05, 0.1) is 6.54 Å². The molecule has 0 saturated heterocycles. The first kappa shape index (κ1) is 11.4. The first-order chi connectivity index (χ1) is 5.17. The normalized spacial score (nSPS) is 13.1. The molecule has 4 nitrogen and oxygen atoms in total. The highest BCUT2D eigenvalue weighted by Crippen LogP contribution is 2.17. The molecular weight excluding hydrogens is 156 g/mol. The topological polar surface area (TPSA) is 75.3 Å². The number of aliphatic carboxylic acids is 1. The molecule has 0 unspecified atom stereocenters. The highest BCUT2D eigenvalue weighted by Gasteiger charge is 2.33. The van der Waals surface area contributed by atoms with E-state index in [-0.39, 0.29) is 12.1 Å². The van der Waals surface area contributed by atoms with Crippen LogP contribution >= 0.6 is 0 Å². The Bertz CT molecular complexity index is 170. The van der Waals surface area contributed by atoms with Crippen LogP contribution in [-0.2, 0) is 4.79 Å². The zero-order valence-corrected chi connectivity index (χ0v) is 8.14. The van der Waals surface area contributed by atoms with E-state index < -0.39 is 11.5 Å². The molecule has 0 amide bonds. The zero-order valence-electron chi connectivity index (χ0n) is 8.14. The van der Waals surface area contributed by atoms with Crippen molar-refractivity contribution in [2.45, 2.75) is 38.8 Å². The van der Waals surface area contributed by atoms with E-state index in [0.717, 1.165) is 0 Å². The fraction of sp³-hybridized carbons (Fsp3) is 0.875. The Labute approximate surface area is 73.1 Å². The molecule has 0 rings (SSSR count). The summed E-state index contributed by atoms with van der Waals surface area (Å²) in [5, 5.41) is 11.3. The summed E-state index contributed by atoms with van der Waals surface area (Å²) in [6.07, 6.45) is 0. The van der Waals surface area contributed by atoms with Crippen molar-refractivity contribution in [3.63, 3.8) is 0 Å². The second kappa shape index (κ2) is 3.41. The molecule has 0 saturated carbocycles. The van der Waals surface area contributed by atoms with E-state index in [9.17, 15) is 4.79 Å². The predicted molar refractivity (Wildman–Crippen MR) is 48.0 cm³/mol. The molecule has 0 spiro atoms. The van der Waals surface area contributed by atoms with Gasteiger partial charge < -0.3 is 16.2 Å². The molecule has 4 heteroatoms. The minimum Gasteiger partial charge on any atom is -0.480 e. The fourth-order valence-corrected chi connectivity index (χ4v) is 0.524. The van der Waals surface area contributed by atoms with Crippen LogP contribution in [0.3, 0.4) is 0 Å². The molecule has 4 N–H and O–H groups in total. The third-order valence-corrected chi connectivity index (χ3v) is 2.29. The van der Waals surface area contributed by atoms with Gasteiger partial charge in [0.25, 0.3) is 0 Å². The van der Waals surface area contributed by atoms with Crippen molar-refractivity contribution in [3.05, 3.63) is 0 Å². The minimum absolute atomic E-state index is 0.0619. The number of nitrogens with two attached hydrogens (primary N) is 1. The quantitative estimate of drug-likeness (QED) is 0.568. The average Bonchev–Trinajstić information content (AvgIpc) is 1.81. The molecule has 0 atom stereocenters. The van der Waals surface area contributed by atoms with Crippen molar-refractivity contribution in [3.8, 4) is 0 Å². The van der Waals surface area contributed by atoms with Gasteiger partial charge >= 0.3 is 5.97 Å². The Morgan fingerprint density at radius 2 is 1.83 bits per heavy atom. The largest absolute Gasteiger partial charge is 0.480 e. The first-order valence-corrected chi connectivity index (χ1v) is 3.92. The number of nitrogens with one attached hydrogen (secondary N) is 1. The van der Waals surface area contributed by atoms with E-state index in [1.807, 2.05) is 27.7 Å². The Morgan fingerprint density at radius 1 is 1.42 bits per heavy atom. The lowest BCUT2D eigenvalue weighted by Gasteiger charge is -2.39. The van der Waals surface area contributed by atoms with E-state index in [4.69, 9.17) is 10.8 Å². The summed E-state index contributed by atoms with van der Waals surface area (Å²) in [7, 11) is 0. The molecule has 0 aromatic heterocycles. The van der Waals surface area contributed by atoms with Gasteiger partial charge in [0, 0.05) is 11.1 Å². The molecule has 0 fully saturated rings. The van der Waals surface area contributed by atoms with Gasteiger partial charge in [-0.3, -0.25) is 4.79 Å². The predicted octanol–water partition coefficient (Wildman–Crippen LogP) is 0.177. The summed E-state index contributed by atoms with van der Waals surface area (Å²) in [6.45, 7) is 7.43. The van der Waals surface area contributed by atoms with Gasteiger partial charge in [-0.1, -0.05) is 0 Å². The lowest BCUT2D eigenvalue weighted by molar-refractivity contribution is -0.136. The summed E-state index contributed by atoms with van der Waals surface area (Å²) in [6, 6.07) is 0. The van der Waals surface area contributed by atoms with Gasteiger partial charge in [-0.05, 0) is 27.7 Å². The average molecular weight is 174 g/mol. The van der Waals surface area contributed by atoms with Crippen molar-refractivity contribution < 1.29 is 9.90 Å². The molecule has 0 bridgehead atoms. The van der Waals surface area contributed by atoms with Crippen LogP contribution in [0.4, 0.5) is 0 Å². The van der Waals surface area contributed by atoms with Crippen molar-refractivity contribution in [2.75, 3.05) is 6.54 Å². The van der Waals surface area contributed by atoms with Gasteiger partial charge in [-0.15, -0.1) is 0 Å². The van der Waals surface area contributed by atoms with Gasteiger partial charge in [-0.2, -0.15) is 0 Å². The van der Waals surface area contributed by atoms with Crippen LogP contribution < -0.4 is 11.1 Å². The summed E-state index contributed by atoms with van der Waals surface area (Å²) in [4.78, 5) is 10.3. The molecule has 72 valence electrons. The third-order valence-electron chi connectivity index (χ3n) is 2.29. The maximum Gasteiger partial charge on any atom is 0.317 e. The van der Waals surface area contributed by atoms with Crippen LogP contribution in [0.1, 0.15) is 27.7 Å². The van der Waals surface area contributed by atoms with Gasteiger partial charge in [-0.25, -0.2) is 0 Å². The van der Waals surface area contributed by atoms with Crippen molar-refractivity contribution in [2.24, 2.45) is 5.73 Å². The van der Waals surface area contributed by atoms with E-state index in [1.165, 1.54) is 0 Å². The van der Waals surface area contributed by atoms with Gasteiger partial charge in [0.1, 0.15) is 0 Å². The van der Waals surface area contributed by atoms with E-state index in [0.29, 0.717) is 0 Å². The SMILES string of the molecule is CC(C)(N)C(C)(C)NCC(=O)O. The second-order valence-electron chi connectivity index (χ2n) is 4.09. The van der Waals surface area contributed by atoms with E-state index in [1.54, 1.807) is 0 Å². The third kappa shape index (κ3) is 3.19. The maximum absolute atomic E-state index is 10.3. The summed E-state index contributed by atoms with van der Waals surface area (Å²) >= 11 is 0. The molecule has 12 heavy (non-hydrogen) atoms. The highest BCUT2D eigenvalue weighted by molar-refractivity contribution is 5.69.